The van der Waals surface area contributed by atoms with Gasteiger partial charge in [-0.1, -0.05) is 48.5 Å². The molecule has 1 aromatic heterocycles. The van der Waals surface area contributed by atoms with Crippen LogP contribution in [-0.2, 0) is 6.42 Å². The minimum Gasteiger partial charge on any atom is -0.496 e. The second-order valence-electron chi connectivity index (χ2n) is 4.92. The quantitative estimate of drug-likeness (QED) is 0.804. The SMILES string of the molecule is COc1ccccc1Cc1nc(-c2ccccc2)c[nH]c1=O. The van der Waals surface area contributed by atoms with Crippen LogP contribution in [0.5, 0.6) is 5.75 Å². The second kappa shape index (κ2) is 6.26. The van der Waals surface area contributed by atoms with Crippen molar-refractivity contribution < 1.29 is 4.74 Å². The van der Waals surface area contributed by atoms with E-state index < -0.39 is 0 Å². The van der Waals surface area contributed by atoms with Gasteiger partial charge in [0.2, 0.25) is 0 Å². The molecular weight excluding hydrogens is 276 g/mol. The van der Waals surface area contributed by atoms with Gasteiger partial charge in [0.05, 0.1) is 12.8 Å². The maximum atomic E-state index is 12.0. The molecule has 22 heavy (non-hydrogen) atoms. The number of methoxy groups -OCH3 is 1. The summed E-state index contributed by atoms with van der Waals surface area (Å²) in [7, 11) is 1.62. The minimum atomic E-state index is -0.175. The maximum Gasteiger partial charge on any atom is 0.270 e. The Morgan fingerprint density at radius 3 is 2.55 bits per heavy atom. The zero-order valence-electron chi connectivity index (χ0n) is 12.2. The topological polar surface area (TPSA) is 55.0 Å². The monoisotopic (exact) mass is 292 g/mol. The second-order valence-corrected chi connectivity index (χ2v) is 4.92. The Morgan fingerprint density at radius 2 is 1.77 bits per heavy atom. The van der Waals surface area contributed by atoms with Crippen LogP contribution < -0.4 is 10.3 Å². The molecule has 4 nitrogen and oxygen atoms in total. The highest BCUT2D eigenvalue weighted by Gasteiger charge is 2.09. The Hall–Kier alpha value is -2.88. The number of aromatic nitrogens is 2. The summed E-state index contributed by atoms with van der Waals surface area (Å²) in [6.07, 6.45) is 2.07. The number of H-pyrrole nitrogens is 1. The number of nitrogens with one attached hydrogen (secondary N) is 1. The van der Waals surface area contributed by atoms with Gasteiger partial charge in [0, 0.05) is 23.7 Å². The zero-order chi connectivity index (χ0) is 15.4. The number of aromatic amines is 1. The smallest absolute Gasteiger partial charge is 0.270 e. The molecule has 2 aromatic carbocycles. The van der Waals surface area contributed by atoms with Crippen molar-refractivity contribution in [1.82, 2.24) is 9.97 Å². The highest BCUT2D eigenvalue weighted by molar-refractivity contribution is 5.57. The number of hydrogen-bond donors (Lipinski definition) is 1. The lowest BCUT2D eigenvalue weighted by molar-refractivity contribution is 0.410. The number of benzene rings is 2. The fourth-order valence-corrected chi connectivity index (χ4v) is 2.35. The van der Waals surface area contributed by atoms with E-state index in [2.05, 4.69) is 9.97 Å². The van der Waals surface area contributed by atoms with Crippen molar-refractivity contribution in [3.8, 4) is 17.0 Å². The summed E-state index contributed by atoms with van der Waals surface area (Å²) >= 11 is 0. The summed E-state index contributed by atoms with van der Waals surface area (Å²) in [6.45, 7) is 0. The molecule has 4 heteroatoms. The summed E-state index contributed by atoms with van der Waals surface area (Å²) in [4.78, 5) is 19.3. The molecular formula is C18H16N2O2. The molecule has 3 rings (SSSR count). The van der Waals surface area contributed by atoms with Crippen LogP contribution >= 0.6 is 0 Å². The number of rotatable bonds is 4. The molecule has 0 saturated carbocycles. The van der Waals surface area contributed by atoms with E-state index in [4.69, 9.17) is 4.74 Å². The van der Waals surface area contributed by atoms with E-state index in [0.717, 1.165) is 22.6 Å². The molecule has 1 N–H and O–H groups in total. The van der Waals surface area contributed by atoms with Crippen LogP contribution in [0.3, 0.4) is 0 Å². The number of nitrogens with zero attached hydrogens (tertiary/aromatic N) is 1. The van der Waals surface area contributed by atoms with Crippen molar-refractivity contribution in [2.24, 2.45) is 0 Å². The lowest BCUT2D eigenvalue weighted by atomic mass is 10.1. The van der Waals surface area contributed by atoms with Crippen molar-refractivity contribution in [2.45, 2.75) is 6.42 Å². The van der Waals surface area contributed by atoms with Crippen LogP contribution in [0.1, 0.15) is 11.3 Å². The van der Waals surface area contributed by atoms with Crippen LogP contribution in [-0.4, -0.2) is 17.1 Å². The highest BCUT2D eigenvalue weighted by atomic mass is 16.5. The van der Waals surface area contributed by atoms with Crippen molar-refractivity contribution >= 4 is 0 Å². The Labute approximate surface area is 128 Å². The molecule has 0 atom stereocenters. The van der Waals surface area contributed by atoms with E-state index in [-0.39, 0.29) is 5.56 Å². The molecule has 0 unspecified atom stereocenters. The van der Waals surface area contributed by atoms with Gasteiger partial charge in [0.25, 0.3) is 5.56 Å². The molecule has 0 aliphatic heterocycles. The van der Waals surface area contributed by atoms with Crippen LogP contribution in [0.2, 0.25) is 0 Å². The molecule has 3 aromatic rings. The first-order valence-corrected chi connectivity index (χ1v) is 7.04. The number of para-hydroxylation sites is 1. The predicted octanol–water partition coefficient (Wildman–Crippen LogP) is 3.04. The lowest BCUT2D eigenvalue weighted by Gasteiger charge is -2.08. The lowest BCUT2D eigenvalue weighted by Crippen LogP contribution is -2.15. The average Bonchev–Trinajstić information content (AvgIpc) is 2.58. The number of ether oxygens (including phenoxy) is 1. The summed E-state index contributed by atoms with van der Waals surface area (Å²) in [6, 6.07) is 17.4. The molecule has 1 heterocycles. The Kier molecular flexibility index (Phi) is 4.01. The maximum absolute atomic E-state index is 12.0. The first kappa shape index (κ1) is 14.1. The molecule has 0 amide bonds. The summed E-state index contributed by atoms with van der Waals surface area (Å²) in [5, 5.41) is 0. The van der Waals surface area contributed by atoms with E-state index in [0.29, 0.717) is 12.1 Å². The van der Waals surface area contributed by atoms with Crippen LogP contribution in [0.15, 0.2) is 65.6 Å². The van der Waals surface area contributed by atoms with Crippen LogP contribution in [0.25, 0.3) is 11.3 Å². The third-order valence-electron chi connectivity index (χ3n) is 3.48. The third kappa shape index (κ3) is 2.91. The molecule has 0 aliphatic carbocycles. The van der Waals surface area contributed by atoms with Gasteiger partial charge in [0.15, 0.2) is 0 Å². The molecule has 0 bridgehead atoms. The summed E-state index contributed by atoms with van der Waals surface area (Å²) in [5.41, 5.74) is 2.97. The van der Waals surface area contributed by atoms with Crippen molar-refractivity contribution in [3.63, 3.8) is 0 Å². The van der Waals surface area contributed by atoms with Gasteiger partial charge >= 0.3 is 0 Å². The molecule has 0 aliphatic rings. The van der Waals surface area contributed by atoms with Crippen LogP contribution in [0.4, 0.5) is 0 Å². The van der Waals surface area contributed by atoms with E-state index >= 15 is 0 Å². The first-order valence-electron chi connectivity index (χ1n) is 7.04. The molecule has 0 saturated heterocycles. The van der Waals surface area contributed by atoms with Crippen molar-refractivity contribution in [3.05, 3.63) is 82.4 Å². The molecule has 110 valence electrons. The van der Waals surface area contributed by atoms with Gasteiger partial charge in [-0.3, -0.25) is 4.79 Å². The standard InChI is InChI=1S/C18H16N2O2/c1-22-17-10-6-5-9-14(17)11-15-18(21)19-12-16(20-15)13-7-3-2-4-8-13/h2-10,12H,11H2,1H3,(H,19,21). The first-order chi connectivity index (χ1) is 10.8. The average molecular weight is 292 g/mol. The van der Waals surface area contributed by atoms with Crippen LogP contribution in [0, 0.1) is 0 Å². The van der Waals surface area contributed by atoms with Crippen molar-refractivity contribution in [2.75, 3.05) is 7.11 Å². The molecule has 0 radical (unpaired) electrons. The fourth-order valence-electron chi connectivity index (χ4n) is 2.35. The van der Waals surface area contributed by atoms with Gasteiger partial charge in [-0.2, -0.15) is 0 Å². The summed E-state index contributed by atoms with van der Waals surface area (Å²) in [5.74, 6) is 0.758. The third-order valence-corrected chi connectivity index (χ3v) is 3.48. The zero-order valence-corrected chi connectivity index (χ0v) is 12.2. The Bertz CT molecular complexity index is 826. The largest absolute Gasteiger partial charge is 0.496 e. The van der Waals surface area contributed by atoms with Gasteiger partial charge in [-0.25, -0.2) is 4.98 Å². The van der Waals surface area contributed by atoms with E-state index in [1.54, 1.807) is 13.3 Å². The normalized spacial score (nSPS) is 10.4. The Morgan fingerprint density at radius 1 is 1.05 bits per heavy atom. The Balaban J connectivity index is 1.99. The predicted molar refractivity (Wildman–Crippen MR) is 86.1 cm³/mol. The van der Waals surface area contributed by atoms with Crippen molar-refractivity contribution in [1.29, 1.82) is 0 Å². The minimum absolute atomic E-state index is 0.175. The van der Waals surface area contributed by atoms with E-state index in [1.807, 2.05) is 54.6 Å². The molecule has 0 fully saturated rings. The van der Waals surface area contributed by atoms with E-state index in [9.17, 15) is 4.79 Å². The number of hydrogen-bond acceptors (Lipinski definition) is 3. The van der Waals surface area contributed by atoms with Gasteiger partial charge < -0.3 is 9.72 Å². The van der Waals surface area contributed by atoms with Gasteiger partial charge in [0.1, 0.15) is 11.4 Å². The summed E-state index contributed by atoms with van der Waals surface area (Å²) < 4.78 is 5.33. The highest BCUT2D eigenvalue weighted by Crippen LogP contribution is 2.20. The molecule has 0 spiro atoms. The van der Waals surface area contributed by atoms with E-state index in [1.165, 1.54) is 0 Å². The van der Waals surface area contributed by atoms with Gasteiger partial charge in [-0.05, 0) is 6.07 Å². The fraction of sp³-hybridized carbons (Fsp3) is 0.111. The van der Waals surface area contributed by atoms with Gasteiger partial charge in [-0.15, -0.1) is 0 Å².